The molecule has 0 radical (unpaired) electrons. The summed E-state index contributed by atoms with van der Waals surface area (Å²) in [7, 11) is -3.68. The number of ether oxygens (including phenoxy) is 2. The van der Waals surface area contributed by atoms with Gasteiger partial charge in [0, 0.05) is 12.5 Å². The maximum absolute atomic E-state index is 12.0. The second-order valence-electron chi connectivity index (χ2n) is 5.05. The van der Waals surface area contributed by atoms with Gasteiger partial charge in [-0.2, -0.15) is 4.72 Å². The van der Waals surface area contributed by atoms with E-state index in [0.29, 0.717) is 13.2 Å². The fraction of sp³-hybridized carbons (Fsp3) is 0.500. The maximum atomic E-state index is 12.0. The topological polar surface area (TPSA) is 81.7 Å². The maximum Gasteiger partial charge on any atom is 0.321 e. The lowest BCUT2D eigenvalue weighted by Gasteiger charge is -2.10. The molecule has 2 rings (SSSR count). The van der Waals surface area contributed by atoms with Crippen LogP contribution in [-0.2, 0) is 24.3 Å². The summed E-state index contributed by atoms with van der Waals surface area (Å²) >= 11 is 0. The van der Waals surface area contributed by atoms with Crippen LogP contribution in [0.25, 0.3) is 0 Å². The molecule has 7 heteroatoms. The van der Waals surface area contributed by atoms with Gasteiger partial charge in [-0.3, -0.25) is 4.79 Å². The minimum absolute atomic E-state index is 0.130. The van der Waals surface area contributed by atoms with E-state index in [4.69, 9.17) is 9.47 Å². The summed E-state index contributed by atoms with van der Waals surface area (Å²) in [5.41, 5.74) is 0.965. The highest BCUT2D eigenvalue weighted by atomic mass is 32.2. The summed E-state index contributed by atoms with van der Waals surface area (Å²) in [6, 6.07) is 6.40. The molecule has 0 spiro atoms. The molecule has 1 fully saturated rings. The van der Waals surface area contributed by atoms with Crippen molar-refractivity contribution in [1.29, 1.82) is 0 Å². The molecule has 1 atom stereocenters. The van der Waals surface area contributed by atoms with Crippen LogP contribution in [0.5, 0.6) is 0 Å². The highest BCUT2D eigenvalue weighted by Gasteiger charge is 2.19. The third-order valence-electron chi connectivity index (χ3n) is 3.24. The number of rotatable bonds is 6. The van der Waals surface area contributed by atoms with E-state index in [2.05, 4.69) is 4.72 Å². The van der Waals surface area contributed by atoms with E-state index in [1.807, 2.05) is 6.92 Å². The fourth-order valence-corrected chi connectivity index (χ4v) is 2.90. The van der Waals surface area contributed by atoms with Crippen molar-refractivity contribution in [3.63, 3.8) is 0 Å². The quantitative estimate of drug-likeness (QED) is 0.788. The molecule has 1 heterocycles. The highest BCUT2D eigenvalue weighted by molar-refractivity contribution is 7.89. The summed E-state index contributed by atoms with van der Waals surface area (Å²) in [5.74, 6) is -0.375. The number of aryl methyl sites for hydroxylation is 1. The molecular weight excluding hydrogens is 294 g/mol. The van der Waals surface area contributed by atoms with Crippen molar-refractivity contribution < 1.29 is 22.7 Å². The Kier molecular flexibility index (Phi) is 5.33. The van der Waals surface area contributed by atoms with Crippen molar-refractivity contribution in [3.8, 4) is 0 Å². The minimum Gasteiger partial charge on any atom is -0.464 e. The lowest BCUT2D eigenvalue weighted by atomic mass is 10.1. The Hall–Kier alpha value is -1.44. The average molecular weight is 313 g/mol. The molecule has 1 aliphatic rings. The molecule has 0 bridgehead atoms. The number of sulfonamides is 1. The summed E-state index contributed by atoms with van der Waals surface area (Å²) in [6.45, 7) is 3.04. The molecule has 0 saturated carbocycles. The van der Waals surface area contributed by atoms with Gasteiger partial charge in [-0.05, 0) is 25.5 Å². The standard InChI is InChI=1S/C14H19NO5S/c1-11-2-4-13(5-3-11)21(17,18)15-8-14(16)20-10-12-6-7-19-9-12/h2-5,12,15H,6-10H2,1H3. The monoisotopic (exact) mass is 313 g/mol. The molecule has 1 aromatic carbocycles. The number of benzene rings is 1. The molecule has 6 nitrogen and oxygen atoms in total. The largest absolute Gasteiger partial charge is 0.464 e. The van der Waals surface area contributed by atoms with Crippen molar-refractivity contribution >= 4 is 16.0 Å². The third-order valence-corrected chi connectivity index (χ3v) is 4.66. The molecule has 1 N–H and O–H groups in total. The van der Waals surface area contributed by atoms with Crippen LogP contribution in [0.1, 0.15) is 12.0 Å². The van der Waals surface area contributed by atoms with E-state index in [0.717, 1.165) is 12.0 Å². The summed E-state index contributed by atoms with van der Waals surface area (Å²) in [4.78, 5) is 11.7. The average Bonchev–Trinajstić information content (AvgIpc) is 2.97. The van der Waals surface area contributed by atoms with E-state index in [-0.39, 0.29) is 24.0 Å². The van der Waals surface area contributed by atoms with Gasteiger partial charge in [0.25, 0.3) is 0 Å². The van der Waals surface area contributed by atoms with Crippen LogP contribution < -0.4 is 4.72 Å². The van der Waals surface area contributed by atoms with Gasteiger partial charge in [-0.25, -0.2) is 8.42 Å². The Bertz CT molecular complexity index is 576. The molecule has 0 aromatic heterocycles. The minimum atomic E-state index is -3.68. The van der Waals surface area contributed by atoms with Crippen LogP contribution in [0.2, 0.25) is 0 Å². The van der Waals surface area contributed by atoms with Crippen molar-refractivity contribution in [2.45, 2.75) is 18.2 Å². The van der Waals surface area contributed by atoms with Crippen LogP contribution >= 0.6 is 0 Å². The van der Waals surface area contributed by atoms with Gasteiger partial charge in [0.2, 0.25) is 10.0 Å². The molecule has 0 aliphatic carbocycles. The lowest BCUT2D eigenvalue weighted by molar-refractivity contribution is -0.143. The van der Waals surface area contributed by atoms with Crippen molar-refractivity contribution in [3.05, 3.63) is 29.8 Å². The molecule has 1 aliphatic heterocycles. The number of carbonyl (C=O) groups is 1. The molecule has 1 aromatic rings. The van der Waals surface area contributed by atoms with E-state index < -0.39 is 16.0 Å². The normalized spacial score (nSPS) is 18.6. The second-order valence-corrected chi connectivity index (χ2v) is 6.82. The Labute approximate surface area is 124 Å². The first-order valence-corrected chi connectivity index (χ1v) is 8.25. The Morgan fingerprint density at radius 2 is 2.10 bits per heavy atom. The highest BCUT2D eigenvalue weighted by Crippen LogP contribution is 2.12. The molecule has 21 heavy (non-hydrogen) atoms. The Morgan fingerprint density at radius 3 is 2.71 bits per heavy atom. The fourth-order valence-electron chi connectivity index (χ4n) is 1.93. The number of nitrogens with one attached hydrogen (secondary N) is 1. The first-order valence-electron chi connectivity index (χ1n) is 6.77. The molecule has 1 unspecified atom stereocenters. The van der Waals surface area contributed by atoms with Crippen molar-refractivity contribution in [2.75, 3.05) is 26.4 Å². The zero-order chi connectivity index (χ0) is 15.3. The second kappa shape index (κ2) is 7.02. The molecular formula is C14H19NO5S. The lowest BCUT2D eigenvalue weighted by Crippen LogP contribution is -2.31. The van der Waals surface area contributed by atoms with Gasteiger partial charge in [0.05, 0.1) is 18.1 Å². The zero-order valence-electron chi connectivity index (χ0n) is 11.9. The van der Waals surface area contributed by atoms with Crippen LogP contribution in [0, 0.1) is 12.8 Å². The molecule has 116 valence electrons. The van der Waals surface area contributed by atoms with Gasteiger partial charge in [0.1, 0.15) is 6.54 Å². The van der Waals surface area contributed by atoms with Crippen molar-refractivity contribution in [1.82, 2.24) is 4.72 Å². The summed E-state index contributed by atoms with van der Waals surface area (Å²) in [5, 5.41) is 0. The first kappa shape index (κ1) is 15.9. The number of esters is 1. The van der Waals surface area contributed by atoms with Crippen LogP contribution in [0.4, 0.5) is 0 Å². The van der Waals surface area contributed by atoms with Gasteiger partial charge in [-0.1, -0.05) is 17.7 Å². The smallest absolute Gasteiger partial charge is 0.321 e. The van der Waals surface area contributed by atoms with E-state index in [1.165, 1.54) is 12.1 Å². The van der Waals surface area contributed by atoms with Crippen LogP contribution in [0.3, 0.4) is 0 Å². The van der Waals surface area contributed by atoms with Gasteiger partial charge >= 0.3 is 5.97 Å². The zero-order valence-corrected chi connectivity index (χ0v) is 12.7. The van der Waals surface area contributed by atoms with E-state index >= 15 is 0 Å². The Morgan fingerprint density at radius 1 is 1.38 bits per heavy atom. The van der Waals surface area contributed by atoms with Crippen molar-refractivity contribution in [2.24, 2.45) is 5.92 Å². The van der Waals surface area contributed by atoms with E-state index in [9.17, 15) is 13.2 Å². The first-order chi connectivity index (χ1) is 9.97. The summed E-state index contributed by atoms with van der Waals surface area (Å²) < 4.78 is 36.4. The van der Waals surface area contributed by atoms with Crippen LogP contribution in [0.15, 0.2) is 29.2 Å². The SMILES string of the molecule is Cc1ccc(S(=O)(=O)NCC(=O)OCC2CCOC2)cc1. The van der Waals surface area contributed by atoms with Gasteiger partial charge in [-0.15, -0.1) is 0 Å². The number of hydrogen-bond acceptors (Lipinski definition) is 5. The van der Waals surface area contributed by atoms with Gasteiger partial charge in [0.15, 0.2) is 0 Å². The van der Waals surface area contributed by atoms with Gasteiger partial charge < -0.3 is 9.47 Å². The Balaban J connectivity index is 1.80. The summed E-state index contributed by atoms with van der Waals surface area (Å²) in [6.07, 6.45) is 0.863. The predicted molar refractivity (Wildman–Crippen MR) is 76.3 cm³/mol. The number of hydrogen-bond donors (Lipinski definition) is 1. The predicted octanol–water partition coefficient (Wildman–Crippen LogP) is 0.853. The van der Waals surface area contributed by atoms with Crippen LogP contribution in [-0.4, -0.2) is 40.8 Å². The molecule has 1 saturated heterocycles. The molecule has 0 amide bonds. The van der Waals surface area contributed by atoms with E-state index in [1.54, 1.807) is 12.1 Å². The third kappa shape index (κ3) is 4.80. The number of carbonyl (C=O) groups excluding carboxylic acids is 1.